The van der Waals surface area contributed by atoms with Crippen molar-refractivity contribution in [2.24, 2.45) is 5.41 Å². The summed E-state index contributed by atoms with van der Waals surface area (Å²) in [5.41, 5.74) is 2.46. The van der Waals surface area contributed by atoms with Gasteiger partial charge in [0, 0.05) is 18.8 Å². The third kappa shape index (κ3) is 4.78. The van der Waals surface area contributed by atoms with Crippen LogP contribution in [0, 0.1) is 12.3 Å². The van der Waals surface area contributed by atoms with E-state index in [1.54, 1.807) is 0 Å². The lowest BCUT2D eigenvalue weighted by atomic mass is 9.95. The monoisotopic (exact) mass is 249 g/mol. The molecule has 0 aromatic heterocycles. The van der Waals surface area contributed by atoms with Gasteiger partial charge in [0.1, 0.15) is 0 Å². The molecule has 0 saturated heterocycles. The van der Waals surface area contributed by atoms with Crippen molar-refractivity contribution in [2.75, 3.05) is 18.0 Å². The second-order valence-corrected chi connectivity index (χ2v) is 5.91. The second kappa shape index (κ2) is 5.89. The van der Waals surface area contributed by atoms with Crippen LogP contribution in [0.3, 0.4) is 0 Å². The molecule has 3 heteroatoms. The van der Waals surface area contributed by atoms with E-state index in [4.69, 9.17) is 5.11 Å². The van der Waals surface area contributed by atoms with E-state index in [0.717, 1.165) is 12.2 Å². The number of nitrogens with zero attached hydrogens (tertiary/aromatic N) is 1. The Morgan fingerprint density at radius 3 is 2.39 bits per heavy atom. The van der Waals surface area contributed by atoms with E-state index in [9.17, 15) is 4.79 Å². The van der Waals surface area contributed by atoms with Crippen LogP contribution in [-0.4, -0.2) is 24.2 Å². The van der Waals surface area contributed by atoms with Crippen molar-refractivity contribution in [1.82, 2.24) is 0 Å². The smallest absolute Gasteiger partial charge is 0.305 e. The minimum Gasteiger partial charge on any atom is -0.481 e. The van der Waals surface area contributed by atoms with E-state index in [2.05, 4.69) is 44.7 Å². The van der Waals surface area contributed by atoms with Gasteiger partial charge in [-0.25, -0.2) is 0 Å². The largest absolute Gasteiger partial charge is 0.481 e. The van der Waals surface area contributed by atoms with Crippen LogP contribution in [0.4, 0.5) is 5.69 Å². The summed E-state index contributed by atoms with van der Waals surface area (Å²) in [6.45, 7) is 9.96. The number of hydrogen-bond donors (Lipinski definition) is 1. The van der Waals surface area contributed by atoms with Gasteiger partial charge in [-0.3, -0.25) is 4.79 Å². The molecule has 0 aliphatic carbocycles. The molecule has 0 radical (unpaired) electrons. The minimum absolute atomic E-state index is 0.140. The summed E-state index contributed by atoms with van der Waals surface area (Å²) in [5.74, 6) is -0.748. The molecule has 18 heavy (non-hydrogen) atoms. The van der Waals surface area contributed by atoms with Crippen molar-refractivity contribution >= 4 is 11.7 Å². The molecule has 0 amide bonds. The molecule has 0 aliphatic rings. The number of rotatable bonds is 5. The van der Waals surface area contributed by atoms with Gasteiger partial charge < -0.3 is 10.0 Å². The van der Waals surface area contributed by atoms with Crippen LogP contribution in [0.2, 0.25) is 0 Å². The zero-order valence-corrected chi connectivity index (χ0v) is 11.7. The number of benzene rings is 1. The van der Waals surface area contributed by atoms with Gasteiger partial charge in [0.2, 0.25) is 0 Å². The maximum Gasteiger partial charge on any atom is 0.305 e. The Labute approximate surface area is 109 Å². The van der Waals surface area contributed by atoms with E-state index in [-0.39, 0.29) is 11.8 Å². The summed E-state index contributed by atoms with van der Waals surface area (Å²) in [7, 11) is 0. The van der Waals surface area contributed by atoms with Crippen LogP contribution >= 0.6 is 0 Å². The average molecular weight is 249 g/mol. The highest BCUT2D eigenvalue weighted by Crippen LogP contribution is 2.24. The summed E-state index contributed by atoms with van der Waals surface area (Å²) >= 11 is 0. The van der Waals surface area contributed by atoms with Crippen LogP contribution in [0.15, 0.2) is 24.3 Å². The lowest BCUT2D eigenvalue weighted by Gasteiger charge is -2.32. The number of para-hydroxylation sites is 1. The first-order valence-electron chi connectivity index (χ1n) is 6.32. The summed E-state index contributed by atoms with van der Waals surface area (Å²) in [4.78, 5) is 12.9. The first-order valence-corrected chi connectivity index (χ1v) is 6.32. The molecular formula is C15H23NO2. The molecule has 1 rings (SSSR count). The Bertz CT molecular complexity index is 407. The summed E-state index contributed by atoms with van der Waals surface area (Å²) < 4.78 is 0. The van der Waals surface area contributed by atoms with Crippen molar-refractivity contribution in [2.45, 2.75) is 34.1 Å². The van der Waals surface area contributed by atoms with E-state index < -0.39 is 5.97 Å². The highest BCUT2D eigenvalue weighted by Gasteiger charge is 2.18. The Kier molecular flexibility index (Phi) is 4.76. The second-order valence-electron chi connectivity index (χ2n) is 5.91. The van der Waals surface area contributed by atoms with E-state index in [0.29, 0.717) is 6.54 Å². The number of carboxylic acids is 1. The molecular weight excluding hydrogens is 226 g/mol. The summed E-state index contributed by atoms with van der Waals surface area (Å²) in [5, 5.41) is 8.85. The van der Waals surface area contributed by atoms with Gasteiger partial charge in [-0.15, -0.1) is 0 Å². The van der Waals surface area contributed by atoms with Crippen LogP contribution < -0.4 is 4.90 Å². The Morgan fingerprint density at radius 1 is 1.28 bits per heavy atom. The lowest BCUT2D eigenvalue weighted by molar-refractivity contribution is -0.136. The van der Waals surface area contributed by atoms with Crippen LogP contribution in [-0.2, 0) is 4.79 Å². The Balaban J connectivity index is 2.89. The predicted molar refractivity (Wildman–Crippen MR) is 75.1 cm³/mol. The summed E-state index contributed by atoms with van der Waals surface area (Å²) in [6, 6.07) is 8.12. The van der Waals surface area contributed by atoms with Gasteiger partial charge in [-0.05, 0) is 24.0 Å². The SMILES string of the molecule is Cc1ccccc1N(CCC(=O)O)CC(C)(C)C. The molecule has 1 N–H and O–H groups in total. The highest BCUT2D eigenvalue weighted by atomic mass is 16.4. The molecule has 0 spiro atoms. The lowest BCUT2D eigenvalue weighted by Crippen LogP contribution is -2.34. The normalized spacial score (nSPS) is 11.3. The maximum absolute atomic E-state index is 10.8. The third-order valence-corrected chi connectivity index (χ3v) is 2.72. The zero-order valence-electron chi connectivity index (χ0n) is 11.7. The fourth-order valence-corrected chi connectivity index (χ4v) is 2.01. The van der Waals surface area contributed by atoms with Crippen molar-refractivity contribution < 1.29 is 9.90 Å². The molecule has 1 aromatic carbocycles. The van der Waals surface area contributed by atoms with Crippen molar-refractivity contribution in [1.29, 1.82) is 0 Å². The molecule has 0 aliphatic heterocycles. The van der Waals surface area contributed by atoms with Gasteiger partial charge in [0.15, 0.2) is 0 Å². The molecule has 1 aromatic rings. The first kappa shape index (κ1) is 14.6. The average Bonchev–Trinajstić information content (AvgIpc) is 2.23. The fourth-order valence-electron chi connectivity index (χ4n) is 2.01. The van der Waals surface area contributed by atoms with E-state index in [1.807, 2.05) is 12.1 Å². The molecule has 100 valence electrons. The number of anilines is 1. The Morgan fingerprint density at radius 2 is 1.89 bits per heavy atom. The molecule has 0 bridgehead atoms. The number of hydrogen-bond acceptors (Lipinski definition) is 2. The Hall–Kier alpha value is -1.51. The van der Waals surface area contributed by atoms with Gasteiger partial charge in [0.25, 0.3) is 0 Å². The van der Waals surface area contributed by atoms with Crippen molar-refractivity contribution in [3.05, 3.63) is 29.8 Å². The first-order chi connectivity index (χ1) is 8.29. The number of carboxylic acid groups (broad SMARTS) is 1. The molecule has 0 saturated carbocycles. The molecule has 0 unspecified atom stereocenters. The van der Waals surface area contributed by atoms with Crippen LogP contribution in [0.25, 0.3) is 0 Å². The molecule has 3 nitrogen and oxygen atoms in total. The minimum atomic E-state index is -0.748. The third-order valence-electron chi connectivity index (χ3n) is 2.72. The standard InChI is InChI=1S/C15H23NO2/c1-12-7-5-6-8-13(12)16(10-9-14(17)18)11-15(2,3)4/h5-8H,9-11H2,1-4H3,(H,17,18). The maximum atomic E-state index is 10.8. The number of aliphatic carboxylic acids is 1. The fraction of sp³-hybridized carbons (Fsp3) is 0.533. The highest BCUT2D eigenvalue weighted by molar-refractivity contribution is 5.68. The van der Waals surface area contributed by atoms with Gasteiger partial charge in [0.05, 0.1) is 6.42 Å². The molecule has 0 heterocycles. The van der Waals surface area contributed by atoms with E-state index >= 15 is 0 Å². The van der Waals surface area contributed by atoms with Gasteiger partial charge in [-0.2, -0.15) is 0 Å². The van der Waals surface area contributed by atoms with E-state index in [1.165, 1.54) is 5.56 Å². The van der Waals surface area contributed by atoms with Gasteiger partial charge in [-0.1, -0.05) is 39.0 Å². The number of aryl methyl sites for hydroxylation is 1. The molecule has 0 fully saturated rings. The predicted octanol–water partition coefficient (Wildman–Crippen LogP) is 3.32. The molecule has 0 atom stereocenters. The zero-order chi connectivity index (χ0) is 13.8. The van der Waals surface area contributed by atoms with Crippen LogP contribution in [0.1, 0.15) is 32.8 Å². The topological polar surface area (TPSA) is 40.5 Å². The van der Waals surface area contributed by atoms with Crippen molar-refractivity contribution in [3.8, 4) is 0 Å². The number of carbonyl (C=O) groups is 1. The van der Waals surface area contributed by atoms with Crippen LogP contribution in [0.5, 0.6) is 0 Å². The van der Waals surface area contributed by atoms with Gasteiger partial charge >= 0.3 is 5.97 Å². The quantitative estimate of drug-likeness (QED) is 0.870. The van der Waals surface area contributed by atoms with Crippen molar-refractivity contribution in [3.63, 3.8) is 0 Å². The summed E-state index contributed by atoms with van der Waals surface area (Å²) in [6.07, 6.45) is 0.171.